The van der Waals surface area contributed by atoms with Crippen LogP contribution in [-0.4, -0.2) is 21.6 Å². The van der Waals surface area contributed by atoms with E-state index in [4.69, 9.17) is 11.1 Å². The van der Waals surface area contributed by atoms with Crippen LogP contribution in [0.2, 0.25) is 10.1 Å². The molecule has 0 amide bonds. The Labute approximate surface area is 112 Å². The summed E-state index contributed by atoms with van der Waals surface area (Å²) in [4.78, 5) is 0. The fourth-order valence-corrected chi connectivity index (χ4v) is 8.16. The zero-order valence-electron chi connectivity index (χ0n) is 11.1. The van der Waals surface area contributed by atoms with Crippen LogP contribution in [0.15, 0.2) is 0 Å². The van der Waals surface area contributed by atoms with Gasteiger partial charge in [-0.1, -0.05) is 41.5 Å². The van der Waals surface area contributed by atoms with Crippen molar-refractivity contribution in [1.29, 1.82) is 0 Å². The smallest absolute Gasteiger partial charge is 0.288 e. The lowest BCUT2D eigenvalue weighted by Crippen LogP contribution is -2.52. The van der Waals surface area contributed by atoms with Crippen LogP contribution in [0, 0.1) is 0 Å². The van der Waals surface area contributed by atoms with Gasteiger partial charge in [0.15, 0.2) is 0 Å². The molecule has 0 fully saturated rings. The molecule has 0 radical (unpaired) electrons. The van der Waals surface area contributed by atoms with E-state index >= 15 is 0 Å². The molecule has 0 aliphatic heterocycles. The van der Waals surface area contributed by atoms with Crippen molar-refractivity contribution in [3.63, 3.8) is 0 Å². The van der Waals surface area contributed by atoms with Crippen molar-refractivity contribution in [2.24, 2.45) is 0 Å². The molecule has 0 N–H and O–H groups in total. The van der Waals surface area contributed by atoms with Gasteiger partial charge in [0.1, 0.15) is 0 Å². The molecule has 0 aliphatic rings. The fourth-order valence-electron chi connectivity index (χ4n) is 1.57. The second-order valence-electron chi connectivity index (χ2n) is 6.08. The highest BCUT2D eigenvalue weighted by Crippen LogP contribution is 2.55. The van der Waals surface area contributed by atoms with Gasteiger partial charge in [-0.3, -0.25) is 3.87 Å². The molecule has 18 heavy (non-hydrogen) atoms. The second-order valence-corrected chi connectivity index (χ2v) is 13.9. The summed E-state index contributed by atoms with van der Waals surface area (Å²) < 4.78 is 64.0. The predicted octanol–water partition coefficient (Wildman–Crippen LogP) is 4.13. The van der Waals surface area contributed by atoms with Crippen LogP contribution in [0.3, 0.4) is 0 Å². The van der Waals surface area contributed by atoms with E-state index < -0.39 is 33.3 Å². The molecule has 0 aliphatic carbocycles. The average Bonchev–Trinajstić information content (AvgIpc) is 1.95. The van der Waals surface area contributed by atoms with E-state index in [1.807, 2.05) is 0 Å². The van der Waals surface area contributed by atoms with Gasteiger partial charge in [-0.15, -0.1) is 11.1 Å². The van der Waals surface area contributed by atoms with E-state index in [-0.39, 0.29) is 0 Å². The molecule has 0 rings (SSSR count). The van der Waals surface area contributed by atoms with E-state index in [0.29, 0.717) is 0 Å². The summed E-state index contributed by atoms with van der Waals surface area (Å²) in [5, 5.41) is -1.77. The first-order valence-corrected chi connectivity index (χ1v) is 9.49. The molecule has 0 unspecified atom stereocenters. The zero-order valence-corrected chi connectivity index (χ0v) is 13.7. The normalized spacial score (nSPS) is 15.9. The lowest BCUT2D eigenvalue weighted by Gasteiger charge is -2.44. The molecular weight excluding hydrogens is 309 g/mol. The second kappa shape index (κ2) is 4.64. The molecular formula is C9H18ClF3O3SSi. The molecule has 0 atom stereocenters. The lowest BCUT2D eigenvalue weighted by molar-refractivity contribution is -0.0505. The Morgan fingerprint density at radius 1 is 0.944 bits per heavy atom. The summed E-state index contributed by atoms with van der Waals surface area (Å²) in [7, 11) is -9.43. The highest BCUT2D eigenvalue weighted by molar-refractivity contribution is 7.89. The molecule has 3 nitrogen and oxygen atoms in total. The van der Waals surface area contributed by atoms with Crippen molar-refractivity contribution in [1.82, 2.24) is 0 Å². The van der Waals surface area contributed by atoms with Gasteiger partial charge in [0.05, 0.1) is 0 Å². The monoisotopic (exact) mass is 326 g/mol. The fraction of sp³-hybridized carbons (Fsp3) is 1.00. The number of rotatable bonds is 2. The first-order chi connectivity index (χ1) is 7.46. The third kappa shape index (κ3) is 3.40. The SMILES string of the molecule is CC(C)(C)[Si](Cl)(OS(=O)(=O)C(F)(F)F)C(C)(C)C. The van der Waals surface area contributed by atoms with Crippen molar-refractivity contribution >= 4 is 28.8 Å². The zero-order chi connectivity index (χ0) is 15.2. The van der Waals surface area contributed by atoms with Crippen LogP contribution in [0.4, 0.5) is 13.2 Å². The predicted molar refractivity (Wildman–Crippen MR) is 67.1 cm³/mol. The Morgan fingerprint density at radius 2 is 1.22 bits per heavy atom. The standard InChI is InChI=1S/C9H18ClF3O3SSi/c1-7(2,3)18(10,8(4,5)6)16-17(14,15)9(11,12)13/h1-6H3. The third-order valence-corrected chi connectivity index (χ3v) is 12.6. The molecule has 0 bridgehead atoms. The first-order valence-electron chi connectivity index (χ1n) is 5.16. The van der Waals surface area contributed by atoms with Crippen LogP contribution in [0.1, 0.15) is 41.5 Å². The minimum atomic E-state index is -5.69. The van der Waals surface area contributed by atoms with Crippen LogP contribution in [-0.2, 0) is 14.0 Å². The summed E-state index contributed by atoms with van der Waals surface area (Å²) in [6.07, 6.45) is 0. The Balaban J connectivity index is 5.74. The number of alkyl halides is 3. The van der Waals surface area contributed by atoms with E-state index in [2.05, 4.69) is 3.87 Å². The summed E-state index contributed by atoms with van der Waals surface area (Å²) >= 11 is 6.22. The van der Waals surface area contributed by atoms with Crippen molar-refractivity contribution in [3.05, 3.63) is 0 Å². The van der Waals surface area contributed by atoms with Gasteiger partial charge in [-0.05, 0) is 10.1 Å². The van der Waals surface area contributed by atoms with Gasteiger partial charge < -0.3 is 0 Å². The summed E-state index contributed by atoms with van der Waals surface area (Å²) in [5.74, 6) is 0. The number of halogens is 4. The highest BCUT2D eigenvalue weighted by atomic mass is 35.6. The molecule has 110 valence electrons. The van der Waals surface area contributed by atoms with Crippen molar-refractivity contribution in [3.8, 4) is 0 Å². The van der Waals surface area contributed by atoms with Crippen molar-refractivity contribution < 1.29 is 25.5 Å². The third-order valence-electron chi connectivity index (χ3n) is 2.44. The number of hydrogen-bond donors (Lipinski definition) is 0. The van der Waals surface area contributed by atoms with Gasteiger partial charge in [0, 0.05) is 0 Å². The Hall–Kier alpha value is 0.207. The lowest BCUT2D eigenvalue weighted by atomic mass is 10.2. The van der Waals surface area contributed by atoms with Crippen LogP contribution in [0.5, 0.6) is 0 Å². The molecule has 0 aromatic heterocycles. The quantitative estimate of drug-likeness (QED) is 0.435. The van der Waals surface area contributed by atoms with E-state index in [1.165, 1.54) is 0 Å². The van der Waals surface area contributed by atoms with Gasteiger partial charge in [-0.25, -0.2) is 0 Å². The minimum Gasteiger partial charge on any atom is -0.288 e. The van der Waals surface area contributed by atoms with Crippen LogP contribution < -0.4 is 0 Å². The van der Waals surface area contributed by atoms with Gasteiger partial charge in [0.25, 0.3) is 0 Å². The van der Waals surface area contributed by atoms with Gasteiger partial charge in [-0.2, -0.15) is 21.6 Å². The molecule has 0 heterocycles. The van der Waals surface area contributed by atoms with E-state index in [1.54, 1.807) is 41.5 Å². The van der Waals surface area contributed by atoms with Crippen LogP contribution in [0.25, 0.3) is 0 Å². The molecule has 0 aromatic rings. The Bertz CT molecular complexity index is 392. The molecule has 0 aromatic carbocycles. The maximum Gasteiger partial charge on any atom is 0.522 e. The molecule has 9 heteroatoms. The van der Waals surface area contributed by atoms with Gasteiger partial charge >= 0.3 is 23.3 Å². The largest absolute Gasteiger partial charge is 0.522 e. The summed E-state index contributed by atoms with van der Waals surface area (Å²) in [5.41, 5.74) is -5.46. The highest BCUT2D eigenvalue weighted by Gasteiger charge is 2.61. The average molecular weight is 327 g/mol. The summed E-state index contributed by atoms with van der Waals surface area (Å²) in [6.45, 7) is 9.44. The molecule has 0 saturated carbocycles. The number of hydrogen-bond acceptors (Lipinski definition) is 3. The Morgan fingerprint density at radius 3 is 1.39 bits per heavy atom. The minimum absolute atomic E-state index is 0.884. The van der Waals surface area contributed by atoms with Crippen molar-refractivity contribution in [2.75, 3.05) is 0 Å². The maximum absolute atomic E-state index is 12.4. The topological polar surface area (TPSA) is 43.4 Å². The van der Waals surface area contributed by atoms with Gasteiger partial charge in [0.2, 0.25) is 0 Å². The maximum atomic E-state index is 12.4. The van der Waals surface area contributed by atoms with E-state index in [0.717, 1.165) is 0 Å². The molecule has 0 saturated heterocycles. The van der Waals surface area contributed by atoms with E-state index in [9.17, 15) is 21.6 Å². The first kappa shape index (κ1) is 18.2. The Kier molecular flexibility index (Phi) is 4.69. The van der Waals surface area contributed by atoms with Crippen molar-refractivity contribution in [2.45, 2.75) is 57.1 Å². The summed E-state index contributed by atoms with van der Waals surface area (Å²) in [6, 6.07) is 0. The van der Waals surface area contributed by atoms with Crippen LogP contribution >= 0.6 is 11.1 Å². The molecule has 0 spiro atoms.